The first kappa shape index (κ1) is 19.9. The SMILES string of the molecule is O=C1C(=Cc2nc3oc(-c4ccccc4)nc3n2-c2ccccc2)C(=O)c2c(F)ccc(F)c21. The number of halogens is 2. The molecule has 0 fully saturated rings. The van der Waals surface area contributed by atoms with Crippen molar-refractivity contribution in [2.24, 2.45) is 0 Å². The third-order valence-corrected chi connectivity index (χ3v) is 5.60. The molecule has 34 heavy (non-hydrogen) atoms. The van der Waals surface area contributed by atoms with Crippen molar-refractivity contribution in [2.45, 2.75) is 0 Å². The van der Waals surface area contributed by atoms with E-state index in [1.807, 2.05) is 48.5 Å². The maximum absolute atomic E-state index is 14.3. The lowest BCUT2D eigenvalue weighted by Gasteiger charge is -2.05. The second-order valence-electron chi connectivity index (χ2n) is 7.65. The molecule has 0 unspecified atom stereocenters. The van der Waals surface area contributed by atoms with E-state index in [0.717, 1.165) is 17.7 Å². The average molecular weight is 453 g/mol. The van der Waals surface area contributed by atoms with Crippen LogP contribution in [0.25, 0.3) is 34.6 Å². The van der Waals surface area contributed by atoms with Crippen molar-refractivity contribution in [3.05, 3.63) is 107 Å². The Morgan fingerprint density at radius 2 is 1.35 bits per heavy atom. The van der Waals surface area contributed by atoms with Gasteiger partial charge in [-0.25, -0.2) is 8.78 Å². The molecule has 0 saturated heterocycles. The fourth-order valence-corrected chi connectivity index (χ4v) is 4.05. The van der Waals surface area contributed by atoms with Crippen molar-refractivity contribution < 1.29 is 22.8 Å². The predicted molar refractivity (Wildman–Crippen MR) is 120 cm³/mol. The first-order chi connectivity index (χ1) is 16.5. The molecule has 5 aromatic rings. The number of para-hydroxylation sites is 1. The molecular formula is C26H13F2N3O3. The lowest BCUT2D eigenvalue weighted by atomic mass is 10.1. The van der Waals surface area contributed by atoms with Crippen LogP contribution >= 0.6 is 0 Å². The summed E-state index contributed by atoms with van der Waals surface area (Å²) in [6.45, 7) is 0. The van der Waals surface area contributed by atoms with Crippen LogP contribution in [-0.2, 0) is 0 Å². The van der Waals surface area contributed by atoms with Crippen LogP contribution in [0.2, 0.25) is 0 Å². The van der Waals surface area contributed by atoms with Crippen molar-refractivity contribution >= 4 is 29.0 Å². The highest BCUT2D eigenvalue weighted by molar-refractivity contribution is 6.41. The molecule has 0 amide bonds. The van der Waals surface area contributed by atoms with E-state index < -0.39 is 34.3 Å². The molecule has 1 aliphatic carbocycles. The van der Waals surface area contributed by atoms with Crippen LogP contribution < -0.4 is 0 Å². The van der Waals surface area contributed by atoms with Gasteiger partial charge in [-0.3, -0.25) is 14.2 Å². The minimum Gasteiger partial charge on any atom is -0.416 e. The average Bonchev–Trinajstić information content (AvgIpc) is 3.49. The van der Waals surface area contributed by atoms with E-state index in [4.69, 9.17) is 4.42 Å². The highest BCUT2D eigenvalue weighted by Crippen LogP contribution is 2.33. The second kappa shape index (κ2) is 7.41. The third kappa shape index (κ3) is 2.92. The number of hydrogen-bond donors (Lipinski definition) is 0. The van der Waals surface area contributed by atoms with Gasteiger partial charge in [-0.15, -0.1) is 0 Å². The van der Waals surface area contributed by atoms with E-state index in [1.165, 1.54) is 6.08 Å². The van der Waals surface area contributed by atoms with Crippen molar-refractivity contribution in [3.8, 4) is 17.1 Å². The number of Topliss-reactive ketones (excluding diaryl/α,β-unsaturated/α-hetero) is 2. The van der Waals surface area contributed by atoms with Gasteiger partial charge < -0.3 is 4.42 Å². The molecule has 8 heteroatoms. The Labute approximate surface area is 190 Å². The van der Waals surface area contributed by atoms with E-state index in [1.54, 1.807) is 16.7 Å². The Balaban J connectivity index is 1.55. The molecule has 0 atom stereocenters. The smallest absolute Gasteiger partial charge is 0.267 e. The van der Waals surface area contributed by atoms with Gasteiger partial charge in [0.15, 0.2) is 0 Å². The van der Waals surface area contributed by atoms with E-state index in [2.05, 4.69) is 9.97 Å². The maximum atomic E-state index is 14.3. The summed E-state index contributed by atoms with van der Waals surface area (Å²) in [4.78, 5) is 34.7. The van der Waals surface area contributed by atoms with Crippen LogP contribution in [0, 0.1) is 11.6 Å². The number of carbonyl (C=O) groups is 2. The van der Waals surface area contributed by atoms with Crippen molar-refractivity contribution in [3.63, 3.8) is 0 Å². The summed E-state index contributed by atoms with van der Waals surface area (Å²) >= 11 is 0. The number of fused-ring (bicyclic) bond motifs is 2. The third-order valence-electron chi connectivity index (χ3n) is 5.60. The van der Waals surface area contributed by atoms with Gasteiger partial charge in [-0.1, -0.05) is 36.4 Å². The zero-order chi connectivity index (χ0) is 23.4. The van der Waals surface area contributed by atoms with Crippen LogP contribution in [0.1, 0.15) is 26.5 Å². The second-order valence-corrected chi connectivity index (χ2v) is 7.65. The summed E-state index contributed by atoms with van der Waals surface area (Å²) in [7, 11) is 0. The largest absolute Gasteiger partial charge is 0.416 e. The number of carbonyl (C=O) groups excluding carboxylic acids is 2. The minimum atomic E-state index is -0.951. The van der Waals surface area contributed by atoms with Gasteiger partial charge in [-0.05, 0) is 42.5 Å². The van der Waals surface area contributed by atoms with Crippen molar-refractivity contribution in [1.29, 1.82) is 0 Å². The summed E-state index contributed by atoms with van der Waals surface area (Å²) in [5.41, 5.74) is 0.434. The van der Waals surface area contributed by atoms with Crippen molar-refractivity contribution in [2.75, 3.05) is 0 Å². The number of oxazole rings is 1. The first-order valence-electron chi connectivity index (χ1n) is 10.3. The molecular weight excluding hydrogens is 440 g/mol. The number of nitrogens with zero attached hydrogens (tertiary/aromatic N) is 3. The van der Waals surface area contributed by atoms with E-state index >= 15 is 0 Å². The molecule has 0 radical (unpaired) electrons. The fraction of sp³-hybridized carbons (Fsp3) is 0. The quantitative estimate of drug-likeness (QED) is 0.269. The summed E-state index contributed by atoms with van der Waals surface area (Å²) < 4.78 is 36.0. The van der Waals surface area contributed by atoms with Gasteiger partial charge in [0.2, 0.25) is 23.1 Å². The highest BCUT2D eigenvalue weighted by Gasteiger charge is 2.38. The van der Waals surface area contributed by atoms with Crippen LogP contribution in [0.15, 0.2) is 82.8 Å². The van der Waals surface area contributed by atoms with Crippen LogP contribution in [0.3, 0.4) is 0 Å². The summed E-state index contributed by atoms with van der Waals surface area (Å²) in [6.07, 6.45) is 1.22. The molecule has 3 aromatic carbocycles. The maximum Gasteiger partial charge on any atom is 0.267 e. The topological polar surface area (TPSA) is 78.0 Å². The number of hydrogen-bond acceptors (Lipinski definition) is 5. The number of aromatic nitrogens is 3. The number of imidazole rings is 1. The molecule has 0 bridgehead atoms. The summed E-state index contributed by atoms with van der Waals surface area (Å²) in [5, 5.41) is 0. The fourth-order valence-electron chi connectivity index (χ4n) is 4.05. The Kier molecular flexibility index (Phi) is 4.35. The predicted octanol–water partition coefficient (Wildman–Crippen LogP) is 5.42. The zero-order valence-corrected chi connectivity index (χ0v) is 17.3. The molecule has 164 valence electrons. The summed E-state index contributed by atoms with van der Waals surface area (Å²) in [5.74, 6) is -3.17. The van der Waals surface area contributed by atoms with Crippen molar-refractivity contribution in [1.82, 2.24) is 14.5 Å². The molecule has 6 nitrogen and oxygen atoms in total. The van der Waals surface area contributed by atoms with Gasteiger partial charge >= 0.3 is 0 Å². The number of rotatable bonds is 3. The molecule has 0 saturated carbocycles. The molecule has 0 aliphatic heterocycles. The van der Waals surface area contributed by atoms with Crippen LogP contribution in [0.5, 0.6) is 0 Å². The van der Waals surface area contributed by atoms with Gasteiger partial charge in [0.1, 0.15) is 17.5 Å². The standard InChI is InChI=1S/C26H13F2N3O3/c27-17-11-12-18(28)21-20(17)22(32)16(23(21)33)13-19-29-26-24(31(19)15-9-5-2-6-10-15)30-25(34-26)14-7-3-1-4-8-14/h1-13H. The van der Waals surface area contributed by atoms with Gasteiger partial charge in [0.25, 0.3) is 5.71 Å². The zero-order valence-electron chi connectivity index (χ0n) is 17.3. The highest BCUT2D eigenvalue weighted by atomic mass is 19.1. The van der Waals surface area contributed by atoms with Gasteiger partial charge in [-0.2, -0.15) is 9.97 Å². The lowest BCUT2D eigenvalue weighted by Crippen LogP contribution is -2.04. The number of benzene rings is 3. The van der Waals surface area contributed by atoms with E-state index in [-0.39, 0.29) is 17.1 Å². The molecule has 2 heterocycles. The Morgan fingerprint density at radius 3 is 1.97 bits per heavy atom. The van der Waals surface area contributed by atoms with Gasteiger partial charge in [0.05, 0.1) is 16.7 Å². The van der Waals surface area contributed by atoms with Crippen LogP contribution in [0.4, 0.5) is 8.78 Å². The molecule has 1 aliphatic rings. The summed E-state index contributed by atoms with van der Waals surface area (Å²) in [6, 6.07) is 20.0. The molecule has 6 rings (SSSR count). The minimum absolute atomic E-state index is 0.164. The van der Waals surface area contributed by atoms with E-state index in [0.29, 0.717) is 17.2 Å². The van der Waals surface area contributed by atoms with Gasteiger partial charge in [0, 0.05) is 11.3 Å². The monoisotopic (exact) mass is 453 g/mol. The Bertz CT molecular complexity index is 1610. The number of ketones is 2. The Morgan fingerprint density at radius 1 is 0.765 bits per heavy atom. The normalized spacial score (nSPS) is 13.1. The number of allylic oxidation sites excluding steroid dienone is 1. The first-order valence-corrected chi connectivity index (χ1v) is 10.3. The van der Waals surface area contributed by atoms with E-state index in [9.17, 15) is 18.4 Å². The van der Waals surface area contributed by atoms with Crippen LogP contribution in [-0.4, -0.2) is 26.1 Å². The molecule has 2 aromatic heterocycles. The Hall–Kier alpha value is -4.72. The lowest BCUT2D eigenvalue weighted by molar-refractivity contribution is 0.0988. The molecule has 0 spiro atoms. The molecule has 0 N–H and O–H groups in total.